The minimum atomic E-state index is -3.74. The molecule has 0 radical (unpaired) electrons. The van der Waals surface area contributed by atoms with Crippen LogP contribution in [0.4, 0.5) is 11.5 Å². The van der Waals surface area contributed by atoms with Gasteiger partial charge < -0.3 is 5.32 Å². The molecular formula is C21H20N4O4S2. The molecule has 0 aliphatic rings. The Morgan fingerprint density at radius 3 is 2.16 bits per heavy atom. The number of nitrogens with zero attached hydrogens (tertiary/aromatic N) is 3. The van der Waals surface area contributed by atoms with Gasteiger partial charge in [0.1, 0.15) is 11.2 Å². The van der Waals surface area contributed by atoms with Crippen LogP contribution in [0.2, 0.25) is 0 Å². The summed E-state index contributed by atoms with van der Waals surface area (Å²) in [6.45, 7) is 0. The maximum Gasteiger partial charge on any atom is 0.183 e. The number of rotatable bonds is 9. The summed E-state index contributed by atoms with van der Waals surface area (Å²) in [5.41, 5.74) is 1.05. The molecule has 1 heterocycles. The van der Waals surface area contributed by atoms with E-state index in [2.05, 4.69) is 15.3 Å². The van der Waals surface area contributed by atoms with E-state index in [9.17, 15) is 16.8 Å². The fraction of sp³-hybridized carbons (Fsp3) is 0.190. The van der Waals surface area contributed by atoms with Gasteiger partial charge in [0.05, 0.1) is 34.2 Å². The van der Waals surface area contributed by atoms with E-state index >= 15 is 0 Å². The number of nitriles is 1. The Hall–Kier alpha value is -3.29. The van der Waals surface area contributed by atoms with Crippen molar-refractivity contribution in [2.24, 2.45) is 0 Å². The molecule has 0 amide bonds. The van der Waals surface area contributed by atoms with Crippen molar-refractivity contribution in [1.29, 1.82) is 5.26 Å². The summed E-state index contributed by atoms with van der Waals surface area (Å²) in [7, 11) is -7.19. The minimum Gasteiger partial charge on any atom is -0.339 e. The standard InChI is InChI=1S/C21H20N4O4S2/c22-14-17-8-10-18(11-9-17)25-21-20(15-23-16-24-21)31(28,29)13-5-4-12-30(26,27)19-6-2-1-3-7-19/h1-3,6-11,15-16H,4-5,12-13H2,(H,23,24,25). The van der Waals surface area contributed by atoms with Crippen LogP contribution < -0.4 is 5.32 Å². The average molecular weight is 457 g/mol. The first-order valence-corrected chi connectivity index (χ1v) is 12.7. The van der Waals surface area contributed by atoms with E-state index in [-0.39, 0.29) is 40.0 Å². The number of hydrogen-bond acceptors (Lipinski definition) is 8. The zero-order chi connectivity index (χ0) is 22.3. The lowest BCUT2D eigenvalue weighted by atomic mass is 10.2. The number of sulfone groups is 2. The van der Waals surface area contributed by atoms with E-state index in [4.69, 9.17) is 5.26 Å². The molecule has 1 aromatic heterocycles. The van der Waals surface area contributed by atoms with Gasteiger partial charge in [-0.25, -0.2) is 26.8 Å². The van der Waals surface area contributed by atoms with Crippen LogP contribution in [0.25, 0.3) is 0 Å². The van der Waals surface area contributed by atoms with Gasteiger partial charge in [0.25, 0.3) is 0 Å². The molecule has 0 aliphatic heterocycles. The molecular weight excluding hydrogens is 436 g/mol. The Morgan fingerprint density at radius 1 is 0.871 bits per heavy atom. The van der Waals surface area contributed by atoms with Crippen LogP contribution in [0.15, 0.2) is 76.9 Å². The number of aromatic nitrogens is 2. The highest BCUT2D eigenvalue weighted by atomic mass is 32.2. The van der Waals surface area contributed by atoms with Gasteiger partial charge >= 0.3 is 0 Å². The predicted octanol–water partition coefficient (Wildman–Crippen LogP) is 3.12. The second-order valence-electron chi connectivity index (χ2n) is 6.71. The van der Waals surface area contributed by atoms with Crippen molar-refractivity contribution < 1.29 is 16.8 Å². The van der Waals surface area contributed by atoms with Gasteiger partial charge in [0.2, 0.25) is 0 Å². The van der Waals surface area contributed by atoms with Crippen LogP contribution in [0.3, 0.4) is 0 Å². The maximum atomic E-state index is 12.8. The molecule has 0 fully saturated rings. The van der Waals surface area contributed by atoms with Crippen molar-refractivity contribution in [3.63, 3.8) is 0 Å². The Kier molecular flexibility index (Phi) is 6.99. The van der Waals surface area contributed by atoms with Gasteiger partial charge in [0.15, 0.2) is 25.5 Å². The van der Waals surface area contributed by atoms with E-state index in [0.717, 1.165) is 0 Å². The molecule has 0 saturated heterocycles. The van der Waals surface area contributed by atoms with E-state index in [0.29, 0.717) is 11.3 Å². The smallest absolute Gasteiger partial charge is 0.183 e. The third-order valence-electron chi connectivity index (χ3n) is 4.47. The van der Waals surface area contributed by atoms with E-state index in [1.807, 2.05) is 6.07 Å². The van der Waals surface area contributed by atoms with E-state index < -0.39 is 19.7 Å². The number of benzene rings is 2. The summed E-state index contributed by atoms with van der Waals surface area (Å²) in [6, 6.07) is 16.6. The minimum absolute atomic E-state index is 0.0646. The van der Waals surface area contributed by atoms with Crippen molar-refractivity contribution in [2.75, 3.05) is 16.8 Å². The molecule has 160 valence electrons. The fourth-order valence-electron chi connectivity index (χ4n) is 2.84. The van der Waals surface area contributed by atoms with Gasteiger partial charge in [-0.2, -0.15) is 5.26 Å². The zero-order valence-electron chi connectivity index (χ0n) is 16.5. The van der Waals surface area contributed by atoms with Crippen molar-refractivity contribution in [1.82, 2.24) is 9.97 Å². The normalized spacial score (nSPS) is 11.6. The molecule has 0 unspecified atom stereocenters. The number of unbranched alkanes of at least 4 members (excludes halogenated alkanes) is 1. The number of nitrogens with one attached hydrogen (secondary N) is 1. The lowest BCUT2D eigenvalue weighted by Crippen LogP contribution is -2.13. The summed E-state index contributed by atoms with van der Waals surface area (Å²) < 4.78 is 50.3. The monoisotopic (exact) mass is 456 g/mol. The topological polar surface area (TPSA) is 130 Å². The highest BCUT2D eigenvalue weighted by Gasteiger charge is 2.21. The molecule has 2 aromatic carbocycles. The Bertz CT molecular complexity index is 1290. The van der Waals surface area contributed by atoms with Crippen molar-refractivity contribution >= 4 is 31.2 Å². The third-order valence-corrected chi connectivity index (χ3v) is 8.08. The molecule has 8 nitrogen and oxygen atoms in total. The Labute approximate surface area is 181 Å². The van der Waals surface area contributed by atoms with Crippen LogP contribution >= 0.6 is 0 Å². The molecule has 0 aliphatic carbocycles. The van der Waals surface area contributed by atoms with Gasteiger partial charge in [-0.05, 0) is 49.2 Å². The van der Waals surface area contributed by atoms with Gasteiger partial charge in [0, 0.05) is 5.69 Å². The van der Waals surface area contributed by atoms with Crippen molar-refractivity contribution in [3.05, 3.63) is 72.7 Å². The van der Waals surface area contributed by atoms with Crippen LogP contribution in [0, 0.1) is 11.3 Å². The first-order chi connectivity index (χ1) is 14.8. The molecule has 31 heavy (non-hydrogen) atoms. The molecule has 0 saturated carbocycles. The first kappa shape index (κ1) is 22.4. The molecule has 3 rings (SSSR count). The molecule has 0 spiro atoms. The van der Waals surface area contributed by atoms with Gasteiger partial charge in [-0.3, -0.25) is 0 Å². The summed E-state index contributed by atoms with van der Waals surface area (Å²) in [4.78, 5) is 8.01. The summed E-state index contributed by atoms with van der Waals surface area (Å²) in [5, 5.41) is 11.8. The van der Waals surface area contributed by atoms with Gasteiger partial charge in [-0.1, -0.05) is 18.2 Å². The molecule has 0 atom stereocenters. The Balaban J connectivity index is 1.66. The van der Waals surface area contributed by atoms with Crippen LogP contribution in [-0.4, -0.2) is 38.3 Å². The lowest BCUT2D eigenvalue weighted by molar-refractivity contribution is 0.585. The second-order valence-corrected chi connectivity index (χ2v) is 10.9. The van der Waals surface area contributed by atoms with E-state index in [1.165, 1.54) is 24.7 Å². The molecule has 3 aromatic rings. The molecule has 1 N–H and O–H groups in total. The molecule has 0 bridgehead atoms. The average Bonchev–Trinajstić information content (AvgIpc) is 2.78. The Morgan fingerprint density at radius 2 is 1.52 bits per heavy atom. The summed E-state index contributed by atoms with van der Waals surface area (Å²) in [6.07, 6.45) is 2.84. The van der Waals surface area contributed by atoms with E-state index in [1.54, 1.807) is 42.5 Å². The van der Waals surface area contributed by atoms with Crippen molar-refractivity contribution in [2.45, 2.75) is 22.6 Å². The first-order valence-electron chi connectivity index (χ1n) is 9.39. The zero-order valence-corrected chi connectivity index (χ0v) is 18.1. The predicted molar refractivity (Wildman–Crippen MR) is 116 cm³/mol. The van der Waals surface area contributed by atoms with Crippen LogP contribution in [0.1, 0.15) is 18.4 Å². The molecule has 10 heteroatoms. The second kappa shape index (κ2) is 9.68. The number of hydrogen-bond donors (Lipinski definition) is 1. The fourth-order valence-corrected chi connectivity index (χ4v) is 5.66. The quantitative estimate of drug-likeness (QED) is 0.486. The largest absolute Gasteiger partial charge is 0.339 e. The van der Waals surface area contributed by atoms with Crippen LogP contribution in [-0.2, 0) is 19.7 Å². The number of anilines is 2. The van der Waals surface area contributed by atoms with Crippen molar-refractivity contribution in [3.8, 4) is 6.07 Å². The summed E-state index contributed by atoms with van der Waals surface area (Å²) >= 11 is 0. The maximum absolute atomic E-state index is 12.8. The highest BCUT2D eigenvalue weighted by molar-refractivity contribution is 7.91. The van der Waals surface area contributed by atoms with Crippen LogP contribution in [0.5, 0.6) is 0 Å². The highest BCUT2D eigenvalue weighted by Crippen LogP contribution is 2.24. The van der Waals surface area contributed by atoms with Gasteiger partial charge in [-0.15, -0.1) is 0 Å². The lowest BCUT2D eigenvalue weighted by Gasteiger charge is -2.11. The SMILES string of the molecule is N#Cc1ccc(Nc2ncncc2S(=O)(=O)CCCCS(=O)(=O)c2ccccc2)cc1. The summed E-state index contributed by atoms with van der Waals surface area (Å²) in [5.74, 6) is -0.238. The third kappa shape index (κ3) is 5.87.